The molecule has 5 N–H and O–H groups in total. The van der Waals surface area contributed by atoms with Crippen LogP contribution in [0.1, 0.15) is 28.3 Å². The number of benzene rings is 3. The zero-order valence-electron chi connectivity index (χ0n) is 17.1. The van der Waals surface area contributed by atoms with Crippen LogP contribution in [0.15, 0.2) is 72.8 Å². The Balaban J connectivity index is 1.56. The summed E-state index contributed by atoms with van der Waals surface area (Å²) in [7, 11) is 0. The largest absolute Gasteiger partial charge is 0.330 e. The molecule has 162 valence electrons. The molecule has 0 fully saturated rings. The highest BCUT2D eigenvalue weighted by Crippen LogP contribution is 2.27. The van der Waals surface area contributed by atoms with Gasteiger partial charge in [-0.05, 0) is 61.0 Å². The van der Waals surface area contributed by atoms with Crippen molar-refractivity contribution in [3.8, 4) is 0 Å². The van der Waals surface area contributed by atoms with Crippen molar-refractivity contribution in [2.75, 3.05) is 17.2 Å². The van der Waals surface area contributed by atoms with Gasteiger partial charge in [-0.3, -0.25) is 14.7 Å². The van der Waals surface area contributed by atoms with Crippen molar-refractivity contribution in [2.45, 2.75) is 12.3 Å². The predicted molar refractivity (Wildman–Crippen MR) is 127 cm³/mol. The second-order valence-electron chi connectivity index (χ2n) is 7.33. The molecule has 0 spiro atoms. The second-order valence-corrected chi connectivity index (χ2v) is 7.76. The lowest BCUT2D eigenvalue weighted by atomic mass is 9.94. The van der Waals surface area contributed by atoms with Crippen molar-refractivity contribution in [2.24, 2.45) is 5.73 Å². The van der Waals surface area contributed by atoms with Gasteiger partial charge in [-0.15, -0.1) is 0 Å². The van der Waals surface area contributed by atoms with E-state index >= 15 is 0 Å². The summed E-state index contributed by atoms with van der Waals surface area (Å²) in [5.74, 6) is -0.498. The van der Waals surface area contributed by atoms with Gasteiger partial charge in [-0.2, -0.15) is 5.10 Å². The first kappa shape index (κ1) is 21.5. The van der Waals surface area contributed by atoms with E-state index in [0.717, 1.165) is 11.1 Å². The molecule has 0 aliphatic carbocycles. The number of halogens is 1. The van der Waals surface area contributed by atoms with Crippen molar-refractivity contribution in [3.63, 3.8) is 0 Å². The third-order valence-corrected chi connectivity index (χ3v) is 5.36. The SMILES string of the molecule is NCC[C@@H](C(=O)Nc1ccc2[nH]nc(NC(=O)c3ccccc3)c2c1)c1cccc(Cl)c1. The average Bonchev–Trinajstić information content (AvgIpc) is 3.20. The molecule has 0 radical (unpaired) electrons. The normalized spacial score (nSPS) is 11.8. The second kappa shape index (κ2) is 9.64. The topological polar surface area (TPSA) is 113 Å². The molecule has 32 heavy (non-hydrogen) atoms. The highest BCUT2D eigenvalue weighted by molar-refractivity contribution is 6.30. The number of anilines is 2. The lowest BCUT2D eigenvalue weighted by Crippen LogP contribution is -2.23. The molecule has 8 heteroatoms. The van der Waals surface area contributed by atoms with E-state index in [1.807, 2.05) is 18.2 Å². The summed E-state index contributed by atoms with van der Waals surface area (Å²) < 4.78 is 0. The maximum atomic E-state index is 13.0. The van der Waals surface area contributed by atoms with E-state index in [2.05, 4.69) is 20.8 Å². The number of amides is 2. The smallest absolute Gasteiger partial charge is 0.256 e. The highest BCUT2D eigenvalue weighted by Gasteiger charge is 2.21. The zero-order valence-corrected chi connectivity index (χ0v) is 17.9. The highest BCUT2D eigenvalue weighted by atomic mass is 35.5. The summed E-state index contributed by atoms with van der Waals surface area (Å²) in [4.78, 5) is 25.5. The number of carbonyl (C=O) groups excluding carboxylic acids is 2. The van der Waals surface area contributed by atoms with Crippen LogP contribution in [0.2, 0.25) is 5.02 Å². The quantitative estimate of drug-likeness (QED) is 0.333. The molecule has 0 saturated heterocycles. The van der Waals surface area contributed by atoms with Gasteiger partial charge in [-0.25, -0.2) is 0 Å². The number of rotatable bonds is 7. The Morgan fingerprint density at radius 1 is 1.00 bits per heavy atom. The molecule has 0 saturated carbocycles. The van der Waals surface area contributed by atoms with Gasteiger partial charge in [0.1, 0.15) is 0 Å². The Morgan fingerprint density at radius 2 is 1.81 bits per heavy atom. The molecule has 3 aromatic carbocycles. The molecule has 7 nitrogen and oxygen atoms in total. The Hall–Kier alpha value is -3.68. The number of fused-ring (bicyclic) bond motifs is 1. The van der Waals surface area contributed by atoms with Gasteiger partial charge in [-0.1, -0.05) is 41.9 Å². The number of nitrogens with two attached hydrogens (primary N) is 1. The number of aromatic nitrogens is 2. The van der Waals surface area contributed by atoms with Crippen LogP contribution in [-0.4, -0.2) is 28.6 Å². The molecule has 0 aliphatic heterocycles. The fourth-order valence-electron chi connectivity index (χ4n) is 3.52. The minimum atomic E-state index is -0.434. The first-order valence-corrected chi connectivity index (χ1v) is 10.5. The molecule has 4 rings (SSSR count). The lowest BCUT2D eigenvalue weighted by molar-refractivity contribution is -0.117. The number of aromatic amines is 1. The number of hydrogen-bond acceptors (Lipinski definition) is 4. The maximum Gasteiger partial charge on any atom is 0.256 e. The van der Waals surface area contributed by atoms with Gasteiger partial charge in [0.2, 0.25) is 5.91 Å². The van der Waals surface area contributed by atoms with Crippen LogP contribution in [0.25, 0.3) is 10.9 Å². The fourth-order valence-corrected chi connectivity index (χ4v) is 3.72. The molecule has 4 aromatic rings. The Bertz CT molecular complexity index is 1260. The van der Waals surface area contributed by atoms with Crippen molar-refractivity contribution in [1.82, 2.24) is 10.2 Å². The van der Waals surface area contributed by atoms with Crippen molar-refractivity contribution in [1.29, 1.82) is 0 Å². The van der Waals surface area contributed by atoms with Gasteiger partial charge < -0.3 is 16.4 Å². The standard InChI is InChI=1S/C24H22ClN5O2/c25-17-8-4-7-16(13-17)19(11-12-26)24(32)27-18-9-10-21-20(14-18)22(30-29-21)28-23(31)15-5-2-1-3-6-15/h1-10,13-14,19H,11-12,26H2,(H,27,32)(H2,28,29,30,31)/t19-/m1/s1. The molecule has 0 bridgehead atoms. The molecule has 2 amide bonds. The van der Waals surface area contributed by atoms with E-state index in [9.17, 15) is 9.59 Å². The molecule has 1 aromatic heterocycles. The molecule has 1 heterocycles. The van der Waals surface area contributed by atoms with E-state index in [1.165, 1.54) is 0 Å². The van der Waals surface area contributed by atoms with Crippen LogP contribution in [0.4, 0.5) is 11.5 Å². The van der Waals surface area contributed by atoms with Crippen molar-refractivity contribution in [3.05, 3.63) is 88.9 Å². The van der Waals surface area contributed by atoms with E-state index in [1.54, 1.807) is 54.6 Å². The number of carbonyl (C=O) groups is 2. The average molecular weight is 448 g/mol. The summed E-state index contributed by atoms with van der Waals surface area (Å²) >= 11 is 6.10. The maximum absolute atomic E-state index is 13.0. The monoisotopic (exact) mass is 447 g/mol. The van der Waals surface area contributed by atoms with Crippen molar-refractivity contribution >= 4 is 45.8 Å². The van der Waals surface area contributed by atoms with Crippen LogP contribution in [-0.2, 0) is 4.79 Å². The van der Waals surface area contributed by atoms with Crippen LogP contribution in [0.5, 0.6) is 0 Å². The summed E-state index contributed by atoms with van der Waals surface area (Å²) in [5.41, 5.74) is 8.40. The van der Waals surface area contributed by atoms with E-state index < -0.39 is 5.92 Å². The minimum Gasteiger partial charge on any atom is -0.330 e. The Morgan fingerprint density at radius 3 is 2.56 bits per heavy atom. The molecular formula is C24H22ClN5O2. The lowest BCUT2D eigenvalue weighted by Gasteiger charge is -2.17. The van der Waals surface area contributed by atoms with Crippen LogP contribution >= 0.6 is 11.6 Å². The summed E-state index contributed by atoms with van der Waals surface area (Å²) in [6, 6.07) is 21.4. The van der Waals surface area contributed by atoms with Gasteiger partial charge in [0.15, 0.2) is 5.82 Å². The number of H-pyrrole nitrogens is 1. The molecular weight excluding hydrogens is 426 g/mol. The molecule has 0 unspecified atom stereocenters. The van der Waals surface area contributed by atoms with Gasteiger partial charge in [0.05, 0.1) is 11.4 Å². The van der Waals surface area contributed by atoms with Gasteiger partial charge in [0.25, 0.3) is 5.91 Å². The molecule has 1 atom stereocenters. The first-order chi connectivity index (χ1) is 15.5. The third-order valence-electron chi connectivity index (χ3n) is 5.12. The number of nitrogens with one attached hydrogen (secondary N) is 3. The first-order valence-electron chi connectivity index (χ1n) is 10.2. The summed E-state index contributed by atoms with van der Waals surface area (Å²) in [5, 5.41) is 14.1. The fraction of sp³-hybridized carbons (Fsp3) is 0.125. The number of nitrogens with zero attached hydrogens (tertiary/aromatic N) is 1. The van der Waals surface area contributed by atoms with Crippen molar-refractivity contribution < 1.29 is 9.59 Å². The van der Waals surface area contributed by atoms with E-state index in [4.69, 9.17) is 17.3 Å². The predicted octanol–water partition coefficient (Wildman–Crippen LogP) is 4.54. The van der Waals surface area contributed by atoms with Gasteiger partial charge >= 0.3 is 0 Å². The third kappa shape index (κ3) is 4.80. The van der Waals surface area contributed by atoms with E-state index in [0.29, 0.717) is 40.4 Å². The zero-order chi connectivity index (χ0) is 22.5. The van der Waals surface area contributed by atoms with Crippen LogP contribution in [0, 0.1) is 0 Å². The van der Waals surface area contributed by atoms with Crippen LogP contribution in [0.3, 0.4) is 0 Å². The number of hydrogen-bond donors (Lipinski definition) is 4. The Kier molecular flexibility index (Phi) is 6.49. The van der Waals surface area contributed by atoms with Gasteiger partial charge in [0, 0.05) is 21.7 Å². The van der Waals surface area contributed by atoms with Crippen LogP contribution < -0.4 is 16.4 Å². The Labute approximate surface area is 190 Å². The summed E-state index contributed by atoms with van der Waals surface area (Å²) in [6.07, 6.45) is 0.485. The minimum absolute atomic E-state index is 0.185. The van der Waals surface area contributed by atoms with E-state index in [-0.39, 0.29) is 11.8 Å². The molecule has 0 aliphatic rings. The summed E-state index contributed by atoms with van der Waals surface area (Å²) in [6.45, 7) is 0.362.